The van der Waals surface area contributed by atoms with Crippen LogP contribution in [0.2, 0.25) is 0 Å². The zero-order valence-corrected chi connectivity index (χ0v) is 16.3. The minimum Gasteiger partial charge on any atom is -0.324 e. The zero-order chi connectivity index (χ0) is 19.4. The molecule has 27 heavy (non-hydrogen) atoms. The standard InChI is InChI=1S/C17H24N6O3S/c1-3-13(2)16(22-12-18-20-21-22)17(24)19-14-7-6-8-15(11-14)23-9-4-5-10-27(23,25)26/h6-8,11-13,16H,3-5,9-10H2,1-2H3,(H,19,24)/t13-,16-/m0/s1. The van der Waals surface area contributed by atoms with Gasteiger partial charge in [0.2, 0.25) is 15.9 Å². The summed E-state index contributed by atoms with van der Waals surface area (Å²) in [5, 5.41) is 14.0. The molecule has 0 bridgehead atoms. The van der Waals surface area contributed by atoms with Crippen molar-refractivity contribution in [2.75, 3.05) is 21.9 Å². The number of rotatable bonds is 6. The van der Waals surface area contributed by atoms with Gasteiger partial charge in [0.05, 0.1) is 11.4 Å². The highest BCUT2D eigenvalue weighted by molar-refractivity contribution is 7.92. The van der Waals surface area contributed by atoms with Crippen molar-refractivity contribution in [3.05, 3.63) is 30.6 Å². The van der Waals surface area contributed by atoms with Gasteiger partial charge in [0.25, 0.3) is 0 Å². The maximum Gasteiger partial charge on any atom is 0.249 e. The van der Waals surface area contributed by atoms with E-state index >= 15 is 0 Å². The van der Waals surface area contributed by atoms with E-state index in [-0.39, 0.29) is 17.6 Å². The quantitative estimate of drug-likeness (QED) is 0.803. The first-order valence-corrected chi connectivity index (χ1v) is 10.7. The summed E-state index contributed by atoms with van der Waals surface area (Å²) in [6.45, 7) is 4.42. The van der Waals surface area contributed by atoms with Crippen LogP contribution in [0.25, 0.3) is 0 Å². The Balaban J connectivity index is 1.82. The van der Waals surface area contributed by atoms with E-state index in [1.165, 1.54) is 15.3 Å². The van der Waals surface area contributed by atoms with Crippen molar-refractivity contribution in [2.45, 2.75) is 39.2 Å². The van der Waals surface area contributed by atoms with Crippen LogP contribution in [0.3, 0.4) is 0 Å². The minimum absolute atomic E-state index is 0.0270. The first-order valence-electron chi connectivity index (χ1n) is 9.06. The van der Waals surface area contributed by atoms with Crippen LogP contribution in [0.5, 0.6) is 0 Å². The molecule has 1 aromatic heterocycles. The number of sulfonamides is 1. The number of tetrazole rings is 1. The average molecular weight is 392 g/mol. The van der Waals surface area contributed by atoms with E-state index in [0.29, 0.717) is 24.3 Å². The van der Waals surface area contributed by atoms with Gasteiger partial charge in [-0.2, -0.15) is 0 Å². The molecule has 0 unspecified atom stereocenters. The number of aromatic nitrogens is 4. The molecule has 0 saturated carbocycles. The van der Waals surface area contributed by atoms with Gasteiger partial charge >= 0.3 is 0 Å². The molecule has 9 nitrogen and oxygen atoms in total. The minimum atomic E-state index is -3.30. The Hall–Kier alpha value is -2.49. The molecule has 1 amide bonds. The van der Waals surface area contributed by atoms with Crippen molar-refractivity contribution in [2.24, 2.45) is 5.92 Å². The summed E-state index contributed by atoms with van der Waals surface area (Å²) in [4.78, 5) is 12.9. The molecule has 0 aliphatic carbocycles. The highest BCUT2D eigenvalue weighted by Crippen LogP contribution is 2.27. The molecule has 1 fully saturated rings. The molecule has 10 heteroatoms. The number of nitrogens with zero attached hydrogens (tertiary/aromatic N) is 5. The normalized spacial score (nSPS) is 18.7. The highest BCUT2D eigenvalue weighted by atomic mass is 32.2. The molecular weight excluding hydrogens is 368 g/mol. The SMILES string of the molecule is CC[C@H](C)[C@@H](C(=O)Nc1cccc(N2CCCCS2(=O)=O)c1)n1cnnn1. The van der Waals surface area contributed by atoms with Crippen LogP contribution in [-0.4, -0.2) is 46.8 Å². The Morgan fingerprint density at radius 2 is 2.15 bits per heavy atom. The lowest BCUT2D eigenvalue weighted by Gasteiger charge is -2.28. The number of hydrogen-bond donors (Lipinski definition) is 1. The van der Waals surface area contributed by atoms with Gasteiger partial charge in [0.1, 0.15) is 12.4 Å². The van der Waals surface area contributed by atoms with E-state index in [4.69, 9.17) is 0 Å². The lowest BCUT2D eigenvalue weighted by Crippen LogP contribution is -2.37. The third-order valence-electron chi connectivity index (χ3n) is 4.85. The van der Waals surface area contributed by atoms with Gasteiger partial charge in [-0.15, -0.1) is 5.10 Å². The fourth-order valence-electron chi connectivity index (χ4n) is 3.19. The van der Waals surface area contributed by atoms with Crippen LogP contribution in [0, 0.1) is 5.92 Å². The van der Waals surface area contributed by atoms with Gasteiger partial charge < -0.3 is 5.32 Å². The Bertz CT molecular complexity index is 884. The molecule has 1 N–H and O–H groups in total. The number of nitrogens with one attached hydrogen (secondary N) is 1. The maximum atomic E-state index is 12.9. The molecule has 3 rings (SSSR count). The summed E-state index contributed by atoms with van der Waals surface area (Å²) in [6.07, 6.45) is 3.71. The van der Waals surface area contributed by atoms with E-state index in [1.807, 2.05) is 13.8 Å². The Morgan fingerprint density at radius 1 is 1.33 bits per heavy atom. The van der Waals surface area contributed by atoms with Crippen molar-refractivity contribution in [1.82, 2.24) is 20.2 Å². The van der Waals surface area contributed by atoms with Crippen LogP contribution in [0.1, 0.15) is 39.2 Å². The highest BCUT2D eigenvalue weighted by Gasteiger charge is 2.28. The van der Waals surface area contributed by atoms with Crippen LogP contribution < -0.4 is 9.62 Å². The van der Waals surface area contributed by atoms with Gasteiger partial charge in [-0.05, 0) is 47.4 Å². The molecule has 1 aliphatic heterocycles. The maximum absolute atomic E-state index is 12.9. The Labute approximate surface area is 158 Å². The molecule has 2 heterocycles. The lowest BCUT2D eigenvalue weighted by molar-refractivity contribution is -0.121. The largest absolute Gasteiger partial charge is 0.324 e. The van der Waals surface area contributed by atoms with Crippen molar-refractivity contribution in [3.8, 4) is 0 Å². The lowest BCUT2D eigenvalue weighted by atomic mass is 9.98. The van der Waals surface area contributed by atoms with Crippen LogP contribution in [0.4, 0.5) is 11.4 Å². The van der Waals surface area contributed by atoms with E-state index in [1.54, 1.807) is 24.3 Å². The fourth-order valence-corrected chi connectivity index (χ4v) is 4.82. The second kappa shape index (κ2) is 8.03. The molecule has 2 atom stereocenters. The van der Waals surface area contributed by atoms with E-state index in [0.717, 1.165) is 12.8 Å². The molecule has 1 aliphatic rings. The smallest absolute Gasteiger partial charge is 0.249 e. The molecule has 1 aromatic carbocycles. The van der Waals surface area contributed by atoms with E-state index in [9.17, 15) is 13.2 Å². The summed E-state index contributed by atoms with van der Waals surface area (Å²) in [5.74, 6) is -0.0617. The second-order valence-corrected chi connectivity index (χ2v) is 8.77. The molecule has 0 spiro atoms. The van der Waals surface area contributed by atoms with Crippen molar-refractivity contribution in [1.29, 1.82) is 0 Å². The third-order valence-corrected chi connectivity index (χ3v) is 6.72. The number of benzene rings is 1. The van der Waals surface area contributed by atoms with E-state index < -0.39 is 16.1 Å². The average Bonchev–Trinajstić information content (AvgIpc) is 3.15. The van der Waals surface area contributed by atoms with Crippen LogP contribution in [0.15, 0.2) is 30.6 Å². The van der Waals surface area contributed by atoms with E-state index in [2.05, 4.69) is 20.8 Å². The molecule has 0 radical (unpaired) electrons. The second-order valence-electron chi connectivity index (χ2n) is 6.76. The summed E-state index contributed by atoms with van der Waals surface area (Å²) >= 11 is 0. The number of anilines is 2. The summed E-state index contributed by atoms with van der Waals surface area (Å²) < 4.78 is 27.5. The predicted molar refractivity (Wildman–Crippen MR) is 102 cm³/mol. The predicted octanol–water partition coefficient (Wildman–Crippen LogP) is 1.83. The van der Waals surface area contributed by atoms with Gasteiger partial charge in [0, 0.05) is 12.2 Å². The first kappa shape index (κ1) is 19.3. The fraction of sp³-hybridized carbons (Fsp3) is 0.529. The van der Waals surface area contributed by atoms with Gasteiger partial charge in [-0.25, -0.2) is 13.1 Å². The number of carbonyl (C=O) groups is 1. The third kappa shape index (κ3) is 4.26. The zero-order valence-electron chi connectivity index (χ0n) is 15.4. The Morgan fingerprint density at radius 3 is 2.81 bits per heavy atom. The van der Waals surface area contributed by atoms with Crippen LogP contribution in [-0.2, 0) is 14.8 Å². The van der Waals surface area contributed by atoms with Crippen molar-refractivity contribution >= 4 is 27.3 Å². The van der Waals surface area contributed by atoms with Gasteiger partial charge in [0.15, 0.2) is 0 Å². The summed E-state index contributed by atoms with van der Waals surface area (Å²) in [6, 6.07) is 6.36. The number of hydrogen-bond acceptors (Lipinski definition) is 6. The monoisotopic (exact) mass is 392 g/mol. The summed E-state index contributed by atoms with van der Waals surface area (Å²) in [5.41, 5.74) is 1.11. The van der Waals surface area contributed by atoms with Gasteiger partial charge in [-0.1, -0.05) is 26.3 Å². The Kier molecular flexibility index (Phi) is 5.73. The molecule has 1 saturated heterocycles. The van der Waals surface area contributed by atoms with Crippen LogP contribution >= 0.6 is 0 Å². The first-order chi connectivity index (χ1) is 12.9. The number of carbonyl (C=O) groups excluding carboxylic acids is 1. The number of amides is 1. The molecule has 2 aromatic rings. The van der Waals surface area contributed by atoms with Gasteiger partial charge in [-0.3, -0.25) is 9.10 Å². The summed E-state index contributed by atoms with van der Waals surface area (Å²) in [7, 11) is -3.30. The topological polar surface area (TPSA) is 110 Å². The molecular formula is C17H24N6O3S. The molecule has 146 valence electrons. The van der Waals surface area contributed by atoms with Crippen molar-refractivity contribution < 1.29 is 13.2 Å². The van der Waals surface area contributed by atoms with Crippen molar-refractivity contribution in [3.63, 3.8) is 0 Å².